The van der Waals surface area contributed by atoms with Crippen molar-refractivity contribution in [2.75, 3.05) is 35.2 Å². The summed E-state index contributed by atoms with van der Waals surface area (Å²) in [4.78, 5) is 34.9. The molecule has 9 nitrogen and oxygen atoms in total. The van der Waals surface area contributed by atoms with E-state index >= 15 is 0 Å². The number of hydrogen-bond acceptors (Lipinski definition) is 8. The molecule has 0 aliphatic carbocycles. The molecule has 0 atom stereocenters. The fraction of sp³-hybridized carbons (Fsp3) is 0.333. The Kier molecular flexibility index (Phi) is 6.92. The highest BCUT2D eigenvalue weighted by atomic mass is 79.9. The third kappa shape index (κ3) is 4.99. The van der Waals surface area contributed by atoms with E-state index in [1.165, 1.54) is 30.2 Å². The number of anilines is 3. The zero-order chi connectivity index (χ0) is 24.4. The minimum Gasteiger partial charge on any atom is -0.463 e. The van der Waals surface area contributed by atoms with E-state index in [1.807, 2.05) is 18.2 Å². The highest BCUT2D eigenvalue weighted by Gasteiger charge is 2.16. The number of nitrogens with one attached hydrogen (secondary N) is 1. The van der Waals surface area contributed by atoms with Gasteiger partial charge < -0.3 is 19.4 Å². The summed E-state index contributed by atoms with van der Waals surface area (Å²) in [5.41, 5.74) is 3.41. The Morgan fingerprint density at radius 1 is 1.17 bits per heavy atom. The fourth-order valence-electron chi connectivity index (χ4n) is 4.33. The number of carbonyl (C=O) groups excluding carboxylic acids is 1. The molecule has 182 valence electrons. The third-order valence-electron chi connectivity index (χ3n) is 6.02. The van der Waals surface area contributed by atoms with Gasteiger partial charge in [-0.05, 0) is 43.5 Å². The van der Waals surface area contributed by atoms with Crippen LogP contribution in [0, 0.1) is 0 Å². The van der Waals surface area contributed by atoms with E-state index in [4.69, 9.17) is 20.8 Å². The van der Waals surface area contributed by atoms with Crippen LogP contribution in [0.25, 0.3) is 22.0 Å². The summed E-state index contributed by atoms with van der Waals surface area (Å²) >= 11 is 9.67. The smallest absolute Gasteiger partial charge is 0.420 e. The van der Waals surface area contributed by atoms with Crippen molar-refractivity contribution in [3.8, 4) is 0 Å². The van der Waals surface area contributed by atoms with E-state index in [2.05, 4.69) is 36.1 Å². The summed E-state index contributed by atoms with van der Waals surface area (Å²) < 4.78 is 11.9. The molecule has 0 bridgehead atoms. The number of halogens is 2. The standard InChI is InChI=1S/C24H23BrClN5O4/c25-13-22(32)34-9-8-31-20-11-16-18(12-21(20)35-24(31)33)27-14-28-23(16)29-15-4-5-19(17(26)10-15)30-6-2-1-3-7-30/h4-5,10-12,14H,1-3,6-9,13H2,(H,27,28,29). The molecule has 4 aromatic rings. The van der Waals surface area contributed by atoms with Crippen LogP contribution in [-0.4, -0.2) is 45.5 Å². The lowest BCUT2D eigenvalue weighted by molar-refractivity contribution is -0.140. The van der Waals surface area contributed by atoms with Gasteiger partial charge in [0.2, 0.25) is 0 Å². The van der Waals surface area contributed by atoms with Crippen LogP contribution in [-0.2, 0) is 16.1 Å². The van der Waals surface area contributed by atoms with Crippen LogP contribution in [0.2, 0.25) is 5.02 Å². The first-order valence-corrected chi connectivity index (χ1v) is 12.8. The van der Waals surface area contributed by atoms with Gasteiger partial charge in [-0.15, -0.1) is 0 Å². The van der Waals surface area contributed by atoms with Crippen LogP contribution in [0.5, 0.6) is 0 Å². The molecule has 1 fully saturated rings. The Morgan fingerprint density at radius 3 is 2.77 bits per heavy atom. The molecule has 35 heavy (non-hydrogen) atoms. The fourth-order valence-corrected chi connectivity index (χ4v) is 4.79. The topological polar surface area (TPSA) is 102 Å². The molecule has 0 radical (unpaired) electrons. The molecule has 0 spiro atoms. The van der Waals surface area contributed by atoms with Gasteiger partial charge in [-0.1, -0.05) is 27.5 Å². The van der Waals surface area contributed by atoms with Crippen LogP contribution >= 0.6 is 27.5 Å². The predicted molar refractivity (Wildman–Crippen MR) is 139 cm³/mol. The SMILES string of the molecule is O=C(CBr)OCCn1c(=O)oc2cc3ncnc(Nc4ccc(N5CCCCC5)c(Cl)c4)c3cc21. The number of fused-ring (bicyclic) bond motifs is 2. The number of piperidine rings is 1. The number of oxazole rings is 1. The van der Waals surface area contributed by atoms with Crippen molar-refractivity contribution >= 4 is 72.7 Å². The van der Waals surface area contributed by atoms with Gasteiger partial charge in [0.05, 0.1) is 28.3 Å². The second-order valence-electron chi connectivity index (χ2n) is 8.27. The van der Waals surface area contributed by atoms with Gasteiger partial charge in [0.25, 0.3) is 0 Å². The Bertz CT molecular complexity index is 1450. The molecule has 5 rings (SSSR count). The van der Waals surface area contributed by atoms with Gasteiger partial charge in [0.15, 0.2) is 5.58 Å². The van der Waals surface area contributed by atoms with Crippen molar-refractivity contribution in [1.82, 2.24) is 14.5 Å². The minimum absolute atomic E-state index is 0.0509. The van der Waals surface area contributed by atoms with E-state index in [0.29, 0.717) is 32.8 Å². The van der Waals surface area contributed by atoms with E-state index in [-0.39, 0.29) is 18.5 Å². The first-order valence-electron chi connectivity index (χ1n) is 11.3. The lowest BCUT2D eigenvalue weighted by Crippen LogP contribution is -2.29. The molecule has 11 heteroatoms. The monoisotopic (exact) mass is 559 g/mol. The number of alkyl halides is 1. The normalized spacial score (nSPS) is 13.9. The Labute approximate surface area is 214 Å². The molecular weight excluding hydrogens is 538 g/mol. The van der Waals surface area contributed by atoms with Crippen molar-refractivity contribution in [2.24, 2.45) is 0 Å². The molecule has 0 saturated carbocycles. The van der Waals surface area contributed by atoms with E-state index in [0.717, 1.165) is 24.5 Å². The Morgan fingerprint density at radius 2 is 2.00 bits per heavy atom. The molecule has 2 aromatic carbocycles. The third-order valence-corrected chi connectivity index (χ3v) is 6.78. The molecular formula is C24H23BrClN5O4. The van der Waals surface area contributed by atoms with Gasteiger partial charge in [0, 0.05) is 30.2 Å². The average molecular weight is 561 g/mol. The molecule has 0 unspecified atom stereocenters. The van der Waals surface area contributed by atoms with Crippen molar-refractivity contribution < 1.29 is 13.9 Å². The van der Waals surface area contributed by atoms with Crippen molar-refractivity contribution in [1.29, 1.82) is 0 Å². The first kappa shape index (κ1) is 23.6. The number of rotatable bonds is 7. The number of carbonyl (C=O) groups is 1. The molecule has 1 aliphatic heterocycles. The van der Waals surface area contributed by atoms with Gasteiger partial charge in [-0.3, -0.25) is 9.36 Å². The zero-order valence-electron chi connectivity index (χ0n) is 18.8. The maximum absolute atomic E-state index is 12.4. The summed E-state index contributed by atoms with van der Waals surface area (Å²) in [5.74, 6) is -0.362. The van der Waals surface area contributed by atoms with E-state index < -0.39 is 11.7 Å². The van der Waals surface area contributed by atoms with Crippen LogP contribution < -0.4 is 16.0 Å². The molecule has 1 saturated heterocycles. The summed E-state index contributed by atoms with van der Waals surface area (Å²) in [6.45, 7) is 2.25. The van der Waals surface area contributed by atoms with Crippen molar-refractivity contribution in [3.63, 3.8) is 0 Å². The lowest BCUT2D eigenvalue weighted by atomic mass is 10.1. The maximum atomic E-state index is 12.4. The summed E-state index contributed by atoms with van der Waals surface area (Å²) in [6.07, 6.45) is 5.06. The number of benzene rings is 2. The highest BCUT2D eigenvalue weighted by molar-refractivity contribution is 9.09. The van der Waals surface area contributed by atoms with Gasteiger partial charge in [-0.25, -0.2) is 14.8 Å². The molecule has 3 heterocycles. The second-order valence-corrected chi connectivity index (χ2v) is 9.24. The molecule has 2 aromatic heterocycles. The minimum atomic E-state index is -0.534. The Balaban J connectivity index is 1.45. The van der Waals surface area contributed by atoms with Crippen LogP contribution in [0.3, 0.4) is 0 Å². The van der Waals surface area contributed by atoms with Gasteiger partial charge in [0.1, 0.15) is 24.1 Å². The van der Waals surface area contributed by atoms with Crippen molar-refractivity contribution in [2.45, 2.75) is 25.8 Å². The van der Waals surface area contributed by atoms with Gasteiger partial charge in [-0.2, -0.15) is 0 Å². The summed E-state index contributed by atoms with van der Waals surface area (Å²) in [5, 5.41) is 4.81. The first-order chi connectivity index (χ1) is 17.0. The molecule has 1 N–H and O–H groups in total. The summed E-state index contributed by atoms with van der Waals surface area (Å²) in [7, 11) is 0. The zero-order valence-corrected chi connectivity index (χ0v) is 21.1. The number of hydrogen-bond donors (Lipinski definition) is 1. The van der Waals surface area contributed by atoms with Crippen LogP contribution in [0.1, 0.15) is 19.3 Å². The van der Waals surface area contributed by atoms with Gasteiger partial charge >= 0.3 is 11.7 Å². The number of aromatic nitrogens is 3. The van der Waals surface area contributed by atoms with E-state index in [1.54, 1.807) is 12.1 Å². The largest absolute Gasteiger partial charge is 0.463 e. The lowest BCUT2D eigenvalue weighted by Gasteiger charge is -2.29. The number of nitrogens with zero attached hydrogens (tertiary/aromatic N) is 4. The molecule has 1 aliphatic rings. The predicted octanol–water partition coefficient (Wildman–Crippen LogP) is 4.86. The van der Waals surface area contributed by atoms with E-state index in [9.17, 15) is 9.59 Å². The van der Waals surface area contributed by atoms with Crippen LogP contribution in [0.4, 0.5) is 17.2 Å². The molecule has 0 amide bonds. The highest BCUT2D eigenvalue weighted by Crippen LogP contribution is 2.33. The number of esters is 1. The second kappa shape index (κ2) is 10.2. The number of ether oxygens (including phenoxy) is 1. The summed E-state index contributed by atoms with van der Waals surface area (Å²) in [6, 6.07) is 9.40. The Hall–Kier alpha value is -3.11. The van der Waals surface area contributed by atoms with Crippen LogP contribution in [0.15, 0.2) is 45.9 Å². The average Bonchev–Trinajstić information content (AvgIpc) is 3.17. The van der Waals surface area contributed by atoms with Crippen molar-refractivity contribution in [3.05, 3.63) is 52.2 Å². The maximum Gasteiger partial charge on any atom is 0.420 e. The quantitative estimate of drug-likeness (QED) is 0.252.